The molecule has 2 aromatic carbocycles. The maximum absolute atomic E-state index is 9.71. The van der Waals surface area contributed by atoms with E-state index in [0.717, 1.165) is 5.56 Å². The van der Waals surface area contributed by atoms with E-state index in [1.54, 1.807) is 31.3 Å². The minimum absolute atomic E-state index is 0.101. The Morgan fingerprint density at radius 2 is 1.88 bits per heavy atom. The van der Waals surface area contributed by atoms with Gasteiger partial charge >= 0.3 is 0 Å². The summed E-state index contributed by atoms with van der Waals surface area (Å²) in [6.07, 6.45) is 0. The lowest BCUT2D eigenvalue weighted by molar-refractivity contribution is 0.0676. The normalized spacial score (nSPS) is 17.1. The summed E-state index contributed by atoms with van der Waals surface area (Å²) in [5.41, 5.74) is 2.33. The lowest BCUT2D eigenvalue weighted by atomic mass is 10.1. The molecule has 0 amide bonds. The van der Waals surface area contributed by atoms with Gasteiger partial charge in [0.2, 0.25) is 0 Å². The summed E-state index contributed by atoms with van der Waals surface area (Å²) in [6.45, 7) is 0.858. The van der Waals surface area contributed by atoms with E-state index in [1.165, 1.54) is 7.11 Å². The molecule has 11 nitrogen and oxygen atoms in total. The first-order valence-electron chi connectivity index (χ1n) is 9.97. The summed E-state index contributed by atoms with van der Waals surface area (Å²) in [4.78, 5) is 18.6. The monoisotopic (exact) mass is 456 g/mol. The number of aliphatic hydroxyl groups is 1. The third-order valence-electron chi connectivity index (χ3n) is 4.21. The summed E-state index contributed by atoms with van der Waals surface area (Å²) in [5.74, 6) is 1.31. The zero-order valence-electron chi connectivity index (χ0n) is 18.2. The summed E-state index contributed by atoms with van der Waals surface area (Å²) in [7, 11) is 3.06. The van der Waals surface area contributed by atoms with Crippen LogP contribution in [0.15, 0.2) is 69.0 Å². The molecule has 2 aliphatic rings. The molecule has 0 saturated heterocycles. The number of phenolic OH excluding ortho intramolecular Hbond substituents is 1. The first kappa shape index (κ1) is 23.5. The third kappa shape index (κ3) is 5.98. The topological polar surface area (TPSA) is 136 Å². The van der Waals surface area contributed by atoms with Gasteiger partial charge in [0.25, 0.3) is 11.8 Å². The Kier molecular flexibility index (Phi) is 8.60. The summed E-state index contributed by atoms with van der Waals surface area (Å²) < 4.78 is 10.8. The molecule has 2 heterocycles. The molecule has 0 atom stereocenters. The van der Waals surface area contributed by atoms with Crippen LogP contribution in [0.3, 0.4) is 0 Å². The van der Waals surface area contributed by atoms with Gasteiger partial charge in [-0.05, 0) is 34.6 Å². The maximum atomic E-state index is 9.71. The molecule has 33 heavy (non-hydrogen) atoms. The quantitative estimate of drug-likeness (QED) is 0.385. The molecule has 0 spiro atoms. The number of aliphatic hydroxyl groups excluding tert-OH is 1. The van der Waals surface area contributed by atoms with E-state index in [-0.39, 0.29) is 24.9 Å². The predicted molar refractivity (Wildman–Crippen MR) is 121 cm³/mol. The lowest BCUT2D eigenvalue weighted by Crippen LogP contribution is -2.25. The molecule has 0 bridgehead atoms. The Bertz CT molecular complexity index is 1070. The standard InChI is InChI=1S/C11H12N2O4.C11H12N2O3/c1-15-12-10-8-4-2-3-5-9(8)17-11(10)13-16-7-6-14;1-12-10(11-13-16-7-6-15-11)8-4-2-3-5-9(8)14/h2-5,14H,6-7H2,1H3;2-5,14H,6-7H2,1H3/b12-10+,13-11?;. The highest BCUT2D eigenvalue weighted by Gasteiger charge is 2.28. The van der Waals surface area contributed by atoms with Crippen molar-refractivity contribution in [3.05, 3.63) is 59.7 Å². The van der Waals surface area contributed by atoms with Crippen LogP contribution in [-0.2, 0) is 19.2 Å². The van der Waals surface area contributed by atoms with E-state index >= 15 is 0 Å². The molecule has 4 rings (SSSR count). The van der Waals surface area contributed by atoms with Gasteiger partial charge < -0.3 is 34.2 Å². The molecule has 0 aromatic heterocycles. The zero-order chi connectivity index (χ0) is 23.5. The molecule has 0 unspecified atom stereocenters. The van der Waals surface area contributed by atoms with Gasteiger partial charge in [0.05, 0.1) is 12.2 Å². The highest BCUT2D eigenvalue weighted by atomic mass is 16.7. The minimum Gasteiger partial charge on any atom is -0.507 e. The van der Waals surface area contributed by atoms with E-state index in [1.807, 2.05) is 24.3 Å². The fourth-order valence-corrected chi connectivity index (χ4v) is 2.83. The number of hydrogen-bond donors (Lipinski definition) is 2. The van der Waals surface area contributed by atoms with Crippen LogP contribution in [0, 0.1) is 0 Å². The second-order valence-corrected chi connectivity index (χ2v) is 6.34. The van der Waals surface area contributed by atoms with E-state index in [9.17, 15) is 5.11 Å². The lowest BCUT2D eigenvalue weighted by Gasteiger charge is -2.15. The zero-order valence-corrected chi connectivity index (χ0v) is 18.2. The number of ether oxygens (including phenoxy) is 2. The summed E-state index contributed by atoms with van der Waals surface area (Å²) in [6, 6.07) is 14.3. The second kappa shape index (κ2) is 12.1. The van der Waals surface area contributed by atoms with Gasteiger partial charge in [-0.2, -0.15) is 0 Å². The average Bonchev–Trinajstić information content (AvgIpc) is 3.20. The number of oxime groups is 3. The maximum Gasteiger partial charge on any atom is 0.286 e. The van der Waals surface area contributed by atoms with E-state index in [2.05, 4.69) is 20.5 Å². The summed E-state index contributed by atoms with van der Waals surface area (Å²) >= 11 is 0. The fraction of sp³-hybridized carbons (Fsp3) is 0.273. The van der Waals surface area contributed by atoms with E-state index < -0.39 is 0 Å². The van der Waals surface area contributed by atoms with Crippen molar-refractivity contribution < 1.29 is 34.2 Å². The third-order valence-corrected chi connectivity index (χ3v) is 4.21. The highest BCUT2D eigenvalue weighted by Crippen LogP contribution is 2.26. The number of rotatable bonds is 6. The number of aromatic hydroxyl groups is 1. The van der Waals surface area contributed by atoms with Crippen molar-refractivity contribution >= 4 is 23.2 Å². The Hall–Kier alpha value is -4.12. The van der Waals surface area contributed by atoms with Gasteiger partial charge in [-0.25, -0.2) is 0 Å². The van der Waals surface area contributed by atoms with Crippen molar-refractivity contribution in [3.63, 3.8) is 0 Å². The van der Waals surface area contributed by atoms with E-state index in [0.29, 0.717) is 41.8 Å². The number of benzene rings is 2. The van der Waals surface area contributed by atoms with Crippen LogP contribution >= 0.6 is 0 Å². The Morgan fingerprint density at radius 1 is 1.09 bits per heavy atom. The number of para-hydroxylation sites is 2. The highest BCUT2D eigenvalue weighted by molar-refractivity contribution is 6.48. The molecule has 11 heteroatoms. The van der Waals surface area contributed by atoms with Crippen molar-refractivity contribution in [1.29, 1.82) is 0 Å². The van der Waals surface area contributed by atoms with E-state index in [4.69, 9.17) is 29.1 Å². The van der Waals surface area contributed by atoms with Gasteiger partial charge in [0, 0.05) is 12.6 Å². The van der Waals surface area contributed by atoms with Crippen LogP contribution in [0.1, 0.15) is 11.1 Å². The Morgan fingerprint density at radius 3 is 2.58 bits per heavy atom. The minimum atomic E-state index is -0.111. The molecule has 0 saturated carbocycles. The number of aliphatic imine (C=N–C) groups is 1. The second-order valence-electron chi connectivity index (χ2n) is 6.34. The van der Waals surface area contributed by atoms with Crippen molar-refractivity contribution in [2.24, 2.45) is 20.5 Å². The van der Waals surface area contributed by atoms with Gasteiger partial charge in [-0.1, -0.05) is 29.4 Å². The smallest absolute Gasteiger partial charge is 0.286 e. The molecule has 0 radical (unpaired) electrons. The van der Waals surface area contributed by atoms with Crippen LogP contribution in [0.25, 0.3) is 0 Å². The van der Waals surface area contributed by atoms with Gasteiger partial charge in [0.1, 0.15) is 37.5 Å². The van der Waals surface area contributed by atoms with Crippen LogP contribution < -0.4 is 4.74 Å². The van der Waals surface area contributed by atoms with Crippen LogP contribution in [0.2, 0.25) is 0 Å². The molecule has 2 aromatic rings. The molecule has 2 N–H and O–H groups in total. The summed E-state index contributed by atoms with van der Waals surface area (Å²) in [5, 5.41) is 29.7. The van der Waals surface area contributed by atoms with Crippen molar-refractivity contribution in [2.75, 3.05) is 40.6 Å². The average molecular weight is 456 g/mol. The first-order valence-corrected chi connectivity index (χ1v) is 9.97. The number of hydrogen-bond acceptors (Lipinski definition) is 11. The van der Waals surface area contributed by atoms with Gasteiger partial charge in [0.15, 0.2) is 12.3 Å². The number of phenols is 1. The van der Waals surface area contributed by atoms with Gasteiger partial charge in [-0.15, -0.1) is 0 Å². The first-order chi connectivity index (χ1) is 16.2. The molecular formula is C22H24N4O7. The fourth-order valence-electron chi connectivity index (χ4n) is 2.83. The van der Waals surface area contributed by atoms with Gasteiger partial charge in [-0.3, -0.25) is 4.99 Å². The van der Waals surface area contributed by atoms with Crippen molar-refractivity contribution in [3.8, 4) is 11.5 Å². The molecule has 0 aliphatic carbocycles. The molecule has 0 fully saturated rings. The molecule has 2 aliphatic heterocycles. The molecular weight excluding hydrogens is 432 g/mol. The predicted octanol–water partition coefficient (Wildman–Crippen LogP) is 1.92. The largest absolute Gasteiger partial charge is 0.507 e. The van der Waals surface area contributed by atoms with Crippen molar-refractivity contribution in [1.82, 2.24) is 0 Å². The number of nitrogens with zero attached hydrogens (tertiary/aromatic N) is 4. The Labute approximate surface area is 190 Å². The van der Waals surface area contributed by atoms with Crippen LogP contribution in [-0.4, -0.2) is 74.0 Å². The SMILES string of the molecule is CN=C(C1=NOCCO1)c1ccccc1O.CO/N=C1/C(=NOCCO)Oc2ccccc21. The van der Waals surface area contributed by atoms with Crippen LogP contribution in [0.5, 0.6) is 11.5 Å². The number of fused-ring (bicyclic) bond motifs is 1. The van der Waals surface area contributed by atoms with Crippen molar-refractivity contribution in [2.45, 2.75) is 0 Å². The molecule has 174 valence electrons. The van der Waals surface area contributed by atoms with Crippen LogP contribution in [0.4, 0.5) is 0 Å². The Balaban J connectivity index is 0.000000186.